The predicted octanol–water partition coefficient (Wildman–Crippen LogP) is 9.70. The van der Waals surface area contributed by atoms with Crippen LogP contribution in [0.1, 0.15) is 83.1 Å². The number of fused-ring (bicyclic) bond motifs is 1. The first-order valence-corrected chi connectivity index (χ1v) is 20.1. The highest BCUT2D eigenvalue weighted by atomic mass is 19.1. The number of hydrogen-bond donors (Lipinski definition) is 0. The minimum atomic E-state index is -0.339. The number of anilines is 2. The summed E-state index contributed by atoms with van der Waals surface area (Å²) in [5, 5.41) is 0. The molecule has 9 nitrogen and oxygen atoms in total. The van der Waals surface area contributed by atoms with Gasteiger partial charge < -0.3 is 19.1 Å². The van der Waals surface area contributed by atoms with E-state index in [-0.39, 0.29) is 36.5 Å². The molecule has 0 unspecified atom stereocenters. The molecule has 0 bridgehead atoms. The van der Waals surface area contributed by atoms with Crippen molar-refractivity contribution in [3.63, 3.8) is 0 Å². The van der Waals surface area contributed by atoms with Crippen molar-refractivity contribution in [2.24, 2.45) is 0 Å². The highest BCUT2D eigenvalue weighted by Gasteiger charge is 2.28. The summed E-state index contributed by atoms with van der Waals surface area (Å²) in [5.41, 5.74) is 2.68. The average molecular weight is 761 g/mol. The summed E-state index contributed by atoms with van der Waals surface area (Å²) in [4.78, 5) is 39.4. The SMILES string of the molecule is CCC/C=C\C/C=C\C/C=C\C/C=C\C/C=C\CCCC(=O)OCn1c(N(C)C2CCN(c3nc4ccccc4n3Cc3ccc(F)cc3)CC2)nccc1=O. The Balaban J connectivity index is 1.04. The molecule has 0 saturated carbocycles. The maximum Gasteiger partial charge on any atom is 0.307 e. The minimum Gasteiger partial charge on any atom is -0.444 e. The number of imidazole rings is 1. The first kappa shape index (κ1) is 41.6. The molecule has 56 heavy (non-hydrogen) atoms. The van der Waals surface area contributed by atoms with Gasteiger partial charge in [0.15, 0.2) is 6.73 Å². The van der Waals surface area contributed by atoms with Crippen molar-refractivity contribution in [3.05, 3.63) is 143 Å². The predicted molar refractivity (Wildman–Crippen MR) is 226 cm³/mol. The third-order valence-electron chi connectivity index (χ3n) is 9.90. The van der Waals surface area contributed by atoms with E-state index in [4.69, 9.17) is 9.72 Å². The number of unbranched alkanes of at least 4 members (excludes halogenated alkanes) is 2. The fraction of sp³-hybridized carbons (Fsp3) is 0.391. The summed E-state index contributed by atoms with van der Waals surface area (Å²) in [7, 11) is 1.94. The Morgan fingerprint density at radius 2 is 1.46 bits per heavy atom. The van der Waals surface area contributed by atoms with Crippen LogP contribution in [-0.4, -0.2) is 51.3 Å². The molecule has 0 atom stereocenters. The Labute approximate surface area is 331 Å². The first-order valence-electron chi connectivity index (χ1n) is 20.1. The molecule has 1 saturated heterocycles. The van der Waals surface area contributed by atoms with Crippen LogP contribution < -0.4 is 15.4 Å². The number of aromatic nitrogens is 4. The summed E-state index contributed by atoms with van der Waals surface area (Å²) >= 11 is 0. The maximum absolute atomic E-state index is 13.6. The summed E-state index contributed by atoms with van der Waals surface area (Å²) < 4.78 is 22.8. The van der Waals surface area contributed by atoms with Gasteiger partial charge in [0.2, 0.25) is 11.9 Å². The molecule has 2 aromatic carbocycles. The zero-order chi connectivity index (χ0) is 39.4. The molecule has 5 rings (SSSR count). The second kappa shape index (κ2) is 22.8. The van der Waals surface area contributed by atoms with Crippen LogP contribution in [0.4, 0.5) is 16.3 Å². The summed E-state index contributed by atoms with van der Waals surface area (Å²) in [6.45, 7) is 4.10. The Bertz CT molecular complexity index is 2020. The molecule has 0 aliphatic carbocycles. The van der Waals surface area contributed by atoms with E-state index in [1.807, 2.05) is 42.3 Å². The highest BCUT2D eigenvalue weighted by molar-refractivity contribution is 5.79. The van der Waals surface area contributed by atoms with Gasteiger partial charge in [-0.15, -0.1) is 0 Å². The normalized spacial score (nSPS) is 14.2. The van der Waals surface area contributed by atoms with Gasteiger partial charge >= 0.3 is 5.97 Å². The third kappa shape index (κ3) is 12.8. The number of piperidine rings is 1. The molecule has 1 aliphatic rings. The Hall–Kier alpha value is -5.51. The standard InChI is InChI=1S/C46H57FN6O3/c1-3-4-5-6-7-8-9-10-11-12-13-14-15-16-17-18-19-20-25-44(55)56-37-53-43(54)30-33-48-45(53)50(2)40-31-34-51(35-32-40)46-49-41-23-21-22-24-42(41)52(46)36-38-26-28-39(47)29-27-38/h5-6,8-9,11-12,14-15,17-18,21-24,26-30,33,40H,3-4,7,10,13,16,19-20,25,31-32,34-37H2,1-2H3/b6-5-,9-8-,12-11-,15-14-,18-17-. The van der Waals surface area contributed by atoms with Crippen molar-refractivity contribution < 1.29 is 13.9 Å². The molecule has 1 fully saturated rings. The van der Waals surface area contributed by atoms with Gasteiger partial charge in [0.05, 0.1) is 17.6 Å². The zero-order valence-electron chi connectivity index (χ0n) is 33.0. The van der Waals surface area contributed by atoms with Gasteiger partial charge in [-0.2, -0.15) is 0 Å². The Morgan fingerprint density at radius 1 is 0.839 bits per heavy atom. The molecular weight excluding hydrogens is 704 g/mol. The van der Waals surface area contributed by atoms with E-state index in [0.29, 0.717) is 18.9 Å². The van der Waals surface area contributed by atoms with E-state index in [1.165, 1.54) is 35.4 Å². The highest BCUT2D eigenvalue weighted by Crippen LogP contribution is 2.28. The quantitative estimate of drug-likeness (QED) is 0.0475. The molecule has 2 aromatic heterocycles. The van der Waals surface area contributed by atoms with Crippen molar-refractivity contribution in [1.29, 1.82) is 0 Å². The number of esters is 1. The van der Waals surface area contributed by atoms with Gasteiger partial charge in [-0.1, -0.05) is 98.4 Å². The fourth-order valence-corrected chi connectivity index (χ4v) is 6.74. The lowest BCUT2D eigenvalue weighted by atomic mass is 10.0. The maximum atomic E-state index is 13.6. The number of rotatable bonds is 21. The molecule has 3 heterocycles. The molecule has 1 aliphatic heterocycles. The van der Waals surface area contributed by atoms with Crippen molar-refractivity contribution in [2.75, 3.05) is 29.9 Å². The molecule has 0 radical (unpaired) electrons. The number of allylic oxidation sites excluding steroid dienone is 10. The van der Waals surface area contributed by atoms with Gasteiger partial charge in [-0.3, -0.25) is 9.59 Å². The topological polar surface area (TPSA) is 85.5 Å². The Kier molecular flexibility index (Phi) is 16.9. The number of benzene rings is 2. The van der Waals surface area contributed by atoms with Crippen LogP contribution in [0, 0.1) is 5.82 Å². The van der Waals surface area contributed by atoms with Gasteiger partial charge in [-0.25, -0.2) is 18.9 Å². The molecule has 0 spiro atoms. The summed E-state index contributed by atoms with van der Waals surface area (Å²) in [6, 6.07) is 16.2. The van der Waals surface area contributed by atoms with E-state index in [1.54, 1.807) is 0 Å². The van der Waals surface area contributed by atoms with Crippen LogP contribution in [0.3, 0.4) is 0 Å². The minimum absolute atomic E-state index is 0.116. The second-order valence-electron chi connectivity index (χ2n) is 14.1. The van der Waals surface area contributed by atoms with Crippen molar-refractivity contribution in [1.82, 2.24) is 19.1 Å². The number of ether oxygens (including phenoxy) is 1. The van der Waals surface area contributed by atoms with Crippen molar-refractivity contribution >= 4 is 28.9 Å². The van der Waals surface area contributed by atoms with Crippen LogP contribution in [0.5, 0.6) is 0 Å². The molecule has 0 amide bonds. The second-order valence-corrected chi connectivity index (χ2v) is 14.1. The summed E-state index contributed by atoms with van der Waals surface area (Å²) in [6.07, 6.45) is 32.8. The van der Waals surface area contributed by atoms with E-state index < -0.39 is 0 Å². The number of halogens is 1. The zero-order valence-corrected chi connectivity index (χ0v) is 33.0. The van der Waals surface area contributed by atoms with Crippen LogP contribution in [-0.2, 0) is 22.8 Å². The van der Waals surface area contributed by atoms with E-state index >= 15 is 0 Å². The third-order valence-corrected chi connectivity index (χ3v) is 9.90. The lowest BCUT2D eigenvalue weighted by Crippen LogP contribution is -2.46. The number of carbonyl (C=O) groups excluding carboxylic acids is 1. The average Bonchev–Trinajstić information content (AvgIpc) is 3.58. The van der Waals surface area contributed by atoms with Crippen LogP contribution in [0.25, 0.3) is 11.0 Å². The largest absolute Gasteiger partial charge is 0.444 e. The van der Waals surface area contributed by atoms with E-state index in [0.717, 1.165) is 87.0 Å². The van der Waals surface area contributed by atoms with Gasteiger partial charge in [0.1, 0.15) is 5.82 Å². The molecule has 10 heteroatoms. The summed E-state index contributed by atoms with van der Waals surface area (Å²) in [5.74, 6) is 0.765. The molecule has 296 valence electrons. The number of carbonyl (C=O) groups is 1. The fourth-order valence-electron chi connectivity index (χ4n) is 6.74. The molecule has 0 N–H and O–H groups in total. The monoisotopic (exact) mass is 760 g/mol. The Morgan fingerprint density at radius 3 is 2.12 bits per heavy atom. The van der Waals surface area contributed by atoms with Gasteiger partial charge in [0.25, 0.3) is 5.56 Å². The van der Waals surface area contributed by atoms with E-state index in [9.17, 15) is 14.0 Å². The number of para-hydroxylation sites is 2. The van der Waals surface area contributed by atoms with Crippen LogP contribution >= 0.6 is 0 Å². The smallest absolute Gasteiger partial charge is 0.307 e. The number of nitrogens with zero attached hydrogens (tertiary/aromatic N) is 6. The molecule has 4 aromatic rings. The lowest BCUT2D eigenvalue weighted by Gasteiger charge is -2.38. The van der Waals surface area contributed by atoms with Crippen molar-refractivity contribution in [3.8, 4) is 0 Å². The molecular formula is C46H57FN6O3. The lowest BCUT2D eigenvalue weighted by molar-refractivity contribution is -0.147. The van der Waals surface area contributed by atoms with Gasteiger partial charge in [-0.05, 0) is 87.6 Å². The van der Waals surface area contributed by atoms with Crippen LogP contribution in [0.15, 0.2) is 126 Å². The van der Waals surface area contributed by atoms with E-state index in [2.05, 4.69) is 88.2 Å². The first-order chi connectivity index (χ1) is 27.4. The number of hydrogen-bond acceptors (Lipinski definition) is 7. The van der Waals surface area contributed by atoms with Gasteiger partial charge in [0, 0.05) is 44.9 Å². The van der Waals surface area contributed by atoms with Crippen LogP contribution in [0.2, 0.25) is 0 Å². The van der Waals surface area contributed by atoms with Crippen molar-refractivity contribution in [2.45, 2.75) is 96.9 Å².